The Balaban J connectivity index is 1.98. The van der Waals surface area contributed by atoms with Gasteiger partial charge in [-0.2, -0.15) is 0 Å². The highest BCUT2D eigenvalue weighted by Crippen LogP contribution is 2.40. The maximum atomic E-state index is 12.5. The third-order valence-corrected chi connectivity index (χ3v) is 10.3. The van der Waals surface area contributed by atoms with Crippen molar-refractivity contribution < 1.29 is 18.8 Å². The van der Waals surface area contributed by atoms with E-state index in [4.69, 9.17) is 9.16 Å². The molecular weight excluding hydrogens is 346 g/mol. The van der Waals surface area contributed by atoms with Crippen LogP contribution in [-0.4, -0.2) is 50.4 Å². The average Bonchev–Trinajstić information content (AvgIpc) is 2.76. The molecular formula is C20H35NO4Si. The van der Waals surface area contributed by atoms with Gasteiger partial charge < -0.3 is 14.1 Å². The van der Waals surface area contributed by atoms with E-state index in [1.165, 1.54) is 0 Å². The van der Waals surface area contributed by atoms with Crippen LogP contribution in [0, 0.1) is 11.8 Å². The Morgan fingerprint density at radius 3 is 2.38 bits per heavy atom. The SMILES string of the molecule is CC(C)(C)OC(=O)N1CCC2C(=CC(=O)C2CO[Si](C)(C)C(C)(C)C)C1. The normalized spacial score (nSPS) is 24.4. The van der Waals surface area contributed by atoms with Gasteiger partial charge in [0.1, 0.15) is 5.60 Å². The molecule has 1 aliphatic carbocycles. The van der Waals surface area contributed by atoms with Crippen LogP contribution in [0.15, 0.2) is 11.6 Å². The summed E-state index contributed by atoms with van der Waals surface area (Å²) in [7, 11) is -1.88. The van der Waals surface area contributed by atoms with Gasteiger partial charge in [0, 0.05) is 19.7 Å². The highest BCUT2D eigenvalue weighted by Gasteiger charge is 2.43. The van der Waals surface area contributed by atoms with Crippen molar-refractivity contribution in [1.82, 2.24) is 4.90 Å². The fourth-order valence-corrected chi connectivity index (χ4v) is 4.22. The lowest BCUT2D eigenvalue weighted by molar-refractivity contribution is -0.119. The number of rotatable bonds is 3. The zero-order valence-electron chi connectivity index (χ0n) is 17.6. The summed E-state index contributed by atoms with van der Waals surface area (Å²) in [6, 6.07) is 0. The molecule has 2 rings (SSSR count). The average molecular weight is 382 g/mol. The van der Waals surface area contributed by atoms with E-state index < -0.39 is 13.9 Å². The molecule has 2 aliphatic rings. The third-order valence-electron chi connectivity index (χ3n) is 5.82. The molecule has 0 aromatic rings. The van der Waals surface area contributed by atoms with Gasteiger partial charge in [0.05, 0.1) is 5.92 Å². The summed E-state index contributed by atoms with van der Waals surface area (Å²) in [4.78, 5) is 26.5. The Labute approximate surface area is 159 Å². The van der Waals surface area contributed by atoms with Crippen molar-refractivity contribution >= 4 is 20.2 Å². The third kappa shape index (κ3) is 4.77. The molecule has 1 saturated heterocycles. The molecule has 0 N–H and O–H groups in total. The highest BCUT2D eigenvalue weighted by atomic mass is 28.4. The first kappa shape index (κ1) is 21.2. The van der Waals surface area contributed by atoms with Crippen LogP contribution >= 0.6 is 0 Å². The minimum absolute atomic E-state index is 0.0973. The number of carbonyl (C=O) groups is 2. The summed E-state index contributed by atoms with van der Waals surface area (Å²) < 4.78 is 11.8. The Hall–Kier alpha value is -1.14. The Bertz CT molecular complexity index is 598. The molecule has 0 radical (unpaired) electrons. The van der Waals surface area contributed by atoms with Crippen LogP contribution in [0.5, 0.6) is 0 Å². The lowest BCUT2D eigenvalue weighted by Gasteiger charge is -2.38. The van der Waals surface area contributed by atoms with Crippen LogP contribution in [-0.2, 0) is 14.0 Å². The molecule has 26 heavy (non-hydrogen) atoms. The van der Waals surface area contributed by atoms with Crippen LogP contribution in [0.2, 0.25) is 18.1 Å². The van der Waals surface area contributed by atoms with Crippen molar-refractivity contribution in [3.8, 4) is 0 Å². The number of nitrogens with zero attached hydrogens (tertiary/aromatic N) is 1. The molecule has 2 unspecified atom stereocenters. The van der Waals surface area contributed by atoms with Crippen molar-refractivity contribution in [3.63, 3.8) is 0 Å². The molecule has 1 fully saturated rings. The second-order valence-corrected chi connectivity index (χ2v) is 14.9. The van der Waals surface area contributed by atoms with Gasteiger partial charge in [-0.3, -0.25) is 4.79 Å². The molecule has 1 aliphatic heterocycles. The molecule has 2 atom stereocenters. The molecule has 0 aromatic heterocycles. The molecule has 5 nitrogen and oxygen atoms in total. The summed E-state index contributed by atoms with van der Waals surface area (Å²) >= 11 is 0. The number of hydrogen-bond acceptors (Lipinski definition) is 4. The predicted molar refractivity (Wildman–Crippen MR) is 106 cm³/mol. The number of ketones is 1. The minimum Gasteiger partial charge on any atom is -0.444 e. The number of carbonyl (C=O) groups excluding carboxylic acids is 2. The van der Waals surface area contributed by atoms with Crippen LogP contribution < -0.4 is 0 Å². The first-order valence-electron chi connectivity index (χ1n) is 9.57. The van der Waals surface area contributed by atoms with Gasteiger partial charge in [0.2, 0.25) is 0 Å². The zero-order valence-corrected chi connectivity index (χ0v) is 18.6. The van der Waals surface area contributed by atoms with Crippen molar-refractivity contribution in [3.05, 3.63) is 11.6 Å². The smallest absolute Gasteiger partial charge is 0.410 e. The van der Waals surface area contributed by atoms with E-state index in [9.17, 15) is 9.59 Å². The number of amides is 1. The molecule has 0 spiro atoms. The Morgan fingerprint density at radius 1 is 1.23 bits per heavy atom. The molecule has 1 amide bonds. The Morgan fingerprint density at radius 2 is 1.85 bits per heavy atom. The highest BCUT2D eigenvalue weighted by molar-refractivity contribution is 6.74. The number of allylic oxidation sites excluding steroid dienone is 1. The summed E-state index contributed by atoms with van der Waals surface area (Å²) in [6.07, 6.45) is 2.23. The van der Waals surface area contributed by atoms with Gasteiger partial charge in [-0.1, -0.05) is 20.8 Å². The van der Waals surface area contributed by atoms with Gasteiger partial charge in [-0.25, -0.2) is 4.79 Å². The second-order valence-electron chi connectivity index (χ2n) is 10.1. The number of ether oxygens (including phenoxy) is 1. The topological polar surface area (TPSA) is 55.8 Å². The molecule has 148 valence electrons. The standard InChI is InChI=1S/C20H35NO4Si/c1-19(2,3)25-18(23)21-10-9-15-14(12-21)11-17(22)16(15)13-24-26(7,8)20(4,5)6/h11,15-16H,9-10,12-13H2,1-8H3. The summed E-state index contributed by atoms with van der Waals surface area (Å²) in [5.74, 6) is 0.251. The van der Waals surface area contributed by atoms with E-state index in [1.54, 1.807) is 11.0 Å². The maximum Gasteiger partial charge on any atom is 0.410 e. The predicted octanol–water partition coefficient (Wildman–Crippen LogP) is 4.39. The fourth-order valence-electron chi connectivity index (χ4n) is 3.19. The van der Waals surface area contributed by atoms with Gasteiger partial charge in [0.15, 0.2) is 14.1 Å². The fraction of sp³-hybridized carbons (Fsp3) is 0.800. The number of fused-ring (bicyclic) bond motifs is 1. The minimum atomic E-state index is -1.88. The van der Waals surface area contributed by atoms with E-state index in [0.717, 1.165) is 12.0 Å². The van der Waals surface area contributed by atoms with Crippen LogP contribution in [0.25, 0.3) is 0 Å². The van der Waals surface area contributed by atoms with E-state index >= 15 is 0 Å². The van der Waals surface area contributed by atoms with Gasteiger partial charge in [-0.15, -0.1) is 0 Å². The Kier molecular flexibility index (Phi) is 5.79. The summed E-state index contributed by atoms with van der Waals surface area (Å²) in [5.41, 5.74) is 0.545. The van der Waals surface area contributed by atoms with Crippen molar-refractivity contribution in [2.45, 2.75) is 71.7 Å². The lowest BCUT2D eigenvalue weighted by Crippen LogP contribution is -2.45. The van der Waals surface area contributed by atoms with E-state index in [2.05, 4.69) is 33.9 Å². The molecule has 0 bridgehead atoms. The van der Waals surface area contributed by atoms with Crippen molar-refractivity contribution in [1.29, 1.82) is 0 Å². The monoisotopic (exact) mass is 381 g/mol. The number of hydrogen-bond donors (Lipinski definition) is 0. The number of likely N-dealkylation sites (tertiary alicyclic amines) is 1. The van der Waals surface area contributed by atoms with Crippen molar-refractivity contribution in [2.75, 3.05) is 19.7 Å². The van der Waals surface area contributed by atoms with Gasteiger partial charge in [-0.05, 0) is 62.9 Å². The molecule has 1 heterocycles. The van der Waals surface area contributed by atoms with Gasteiger partial charge in [0.25, 0.3) is 0 Å². The van der Waals surface area contributed by atoms with Crippen LogP contribution in [0.1, 0.15) is 48.0 Å². The van der Waals surface area contributed by atoms with E-state index in [-0.39, 0.29) is 28.8 Å². The number of piperidine rings is 1. The maximum absolute atomic E-state index is 12.5. The quantitative estimate of drug-likeness (QED) is 0.680. The molecule has 0 aromatic carbocycles. The van der Waals surface area contributed by atoms with Crippen LogP contribution in [0.3, 0.4) is 0 Å². The van der Waals surface area contributed by atoms with Gasteiger partial charge >= 0.3 is 6.09 Å². The first-order chi connectivity index (χ1) is 11.7. The molecule has 0 saturated carbocycles. The molecule has 6 heteroatoms. The lowest BCUT2D eigenvalue weighted by atomic mass is 9.85. The zero-order chi connectivity index (χ0) is 19.9. The summed E-state index contributed by atoms with van der Waals surface area (Å²) in [5, 5.41) is 0.130. The summed E-state index contributed by atoms with van der Waals surface area (Å²) in [6.45, 7) is 18.3. The first-order valence-corrected chi connectivity index (χ1v) is 12.5. The largest absolute Gasteiger partial charge is 0.444 e. The van der Waals surface area contributed by atoms with Crippen LogP contribution in [0.4, 0.5) is 4.79 Å². The second kappa shape index (κ2) is 7.11. The van der Waals surface area contributed by atoms with E-state index in [0.29, 0.717) is 19.7 Å². The van der Waals surface area contributed by atoms with Crippen molar-refractivity contribution in [2.24, 2.45) is 11.8 Å². The van der Waals surface area contributed by atoms with E-state index in [1.807, 2.05) is 20.8 Å².